The van der Waals surface area contributed by atoms with Crippen molar-refractivity contribution in [2.75, 3.05) is 13.1 Å². The van der Waals surface area contributed by atoms with E-state index < -0.39 is 5.97 Å². The first-order valence-corrected chi connectivity index (χ1v) is 6.80. The Hall–Kier alpha value is -0.570. The molecule has 0 unspecified atom stereocenters. The highest BCUT2D eigenvalue weighted by Gasteiger charge is 1.98. The van der Waals surface area contributed by atoms with Gasteiger partial charge >= 0.3 is 5.97 Å². The molecule has 3 nitrogen and oxygen atoms in total. The predicted octanol–water partition coefficient (Wildman–Crippen LogP) is 2.17. The highest BCUT2D eigenvalue weighted by Crippen LogP contribution is 2.07. The summed E-state index contributed by atoms with van der Waals surface area (Å²) in [5.74, 6) is -0.688. The van der Waals surface area contributed by atoms with Crippen molar-refractivity contribution < 1.29 is 15.2 Å². The number of quaternary nitrogens is 1. The molecule has 0 rings (SSSR count). The molecule has 0 heterocycles. The minimum Gasteiger partial charge on any atom is -0.481 e. The van der Waals surface area contributed by atoms with E-state index in [1.54, 1.807) is 0 Å². The first-order chi connectivity index (χ1) is 7.77. The molecular formula is C13H28NO2+. The molecule has 0 aromatic carbocycles. The van der Waals surface area contributed by atoms with Gasteiger partial charge in [-0.15, -0.1) is 0 Å². The molecule has 0 amide bonds. The maximum atomic E-state index is 10.2. The number of hydrogen-bond acceptors (Lipinski definition) is 1. The van der Waals surface area contributed by atoms with Gasteiger partial charge in [0.05, 0.1) is 19.5 Å². The number of carboxylic acid groups (broad SMARTS) is 1. The first-order valence-electron chi connectivity index (χ1n) is 6.80. The average Bonchev–Trinajstić information content (AvgIpc) is 2.25. The van der Waals surface area contributed by atoms with Gasteiger partial charge in [0.15, 0.2) is 0 Å². The summed E-state index contributed by atoms with van der Waals surface area (Å²) in [6.07, 6.45) is 11.0. The Balaban J connectivity index is 2.90. The third-order valence-corrected chi connectivity index (χ3v) is 2.82. The predicted molar refractivity (Wildman–Crippen MR) is 66.5 cm³/mol. The zero-order chi connectivity index (χ0) is 12.1. The maximum Gasteiger partial charge on any atom is 0.309 e. The zero-order valence-corrected chi connectivity index (χ0v) is 10.7. The van der Waals surface area contributed by atoms with Crippen molar-refractivity contribution in [3.63, 3.8) is 0 Å². The zero-order valence-electron chi connectivity index (χ0n) is 10.7. The van der Waals surface area contributed by atoms with E-state index in [1.807, 2.05) is 0 Å². The molecule has 0 aliphatic heterocycles. The van der Waals surface area contributed by atoms with E-state index in [-0.39, 0.29) is 6.42 Å². The van der Waals surface area contributed by atoms with Gasteiger partial charge in [0.2, 0.25) is 0 Å². The SMILES string of the molecule is CCCCCCCCCC[NH2+]CCC(=O)O. The van der Waals surface area contributed by atoms with E-state index in [0.717, 1.165) is 13.1 Å². The Kier molecular flexibility index (Phi) is 12.1. The number of carbonyl (C=O) groups is 1. The lowest BCUT2D eigenvalue weighted by atomic mass is 10.1. The summed E-state index contributed by atoms with van der Waals surface area (Å²) in [7, 11) is 0. The largest absolute Gasteiger partial charge is 0.481 e. The van der Waals surface area contributed by atoms with Crippen molar-refractivity contribution in [1.82, 2.24) is 0 Å². The van der Waals surface area contributed by atoms with E-state index in [1.165, 1.54) is 51.4 Å². The normalized spacial score (nSPS) is 10.6. The van der Waals surface area contributed by atoms with Gasteiger partial charge in [-0.1, -0.05) is 45.4 Å². The first kappa shape index (κ1) is 15.4. The third kappa shape index (κ3) is 13.4. The van der Waals surface area contributed by atoms with Gasteiger partial charge in [0, 0.05) is 0 Å². The second kappa shape index (κ2) is 12.5. The van der Waals surface area contributed by atoms with Gasteiger partial charge in [-0.3, -0.25) is 4.79 Å². The molecule has 0 aromatic rings. The topological polar surface area (TPSA) is 53.9 Å². The highest BCUT2D eigenvalue weighted by atomic mass is 16.4. The number of unbranched alkanes of at least 4 members (excludes halogenated alkanes) is 7. The third-order valence-electron chi connectivity index (χ3n) is 2.82. The molecule has 0 spiro atoms. The highest BCUT2D eigenvalue weighted by molar-refractivity contribution is 5.66. The fourth-order valence-electron chi connectivity index (χ4n) is 1.79. The summed E-state index contributed by atoms with van der Waals surface area (Å²) >= 11 is 0. The van der Waals surface area contributed by atoms with Crippen LogP contribution in [0.3, 0.4) is 0 Å². The smallest absolute Gasteiger partial charge is 0.309 e. The van der Waals surface area contributed by atoms with E-state index in [2.05, 4.69) is 12.2 Å². The Morgan fingerprint density at radius 3 is 2.06 bits per heavy atom. The summed E-state index contributed by atoms with van der Waals surface area (Å²) in [6, 6.07) is 0. The van der Waals surface area contributed by atoms with Crippen LogP contribution in [0.5, 0.6) is 0 Å². The van der Waals surface area contributed by atoms with Crippen LogP contribution < -0.4 is 5.32 Å². The molecule has 0 bridgehead atoms. The van der Waals surface area contributed by atoms with Gasteiger partial charge in [0.25, 0.3) is 0 Å². The molecule has 0 fully saturated rings. The summed E-state index contributed by atoms with van der Waals surface area (Å²) in [5.41, 5.74) is 0. The summed E-state index contributed by atoms with van der Waals surface area (Å²) in [5, 5.41) is 10.6. The van der Waals surface area contributed by atoms with Gasteiger partial charge in [-0.2, -0.15) is 0 Å². The Morgan fingerprint density at radius 1 is 0.938 bits per heavy atom. The molecule has 0 saturated heterocycles. The molecule has 0 saturated carbocycles. The lowest BCUT2D eigenvalue weighted by Gasteiger charge is -2.01. The van der Waals surface area contributed by atoms with Crippen LogP contribution in [0.1, 0.15) is 64.7 Å². The minimum absolute atomic E-state index is 0.289. The van der Waals surface area contributed by atoms with E-state index in [9.17, 15) is 4.79 Å². The fraction of sp³-hybridized carbons (Fsp3) is 0.923. The van der Waals surface area contributed by atoms with Crippen molar-refractivity contribution in [1.29, 1.82) is 0 Å². The molecule has 0 aromatic heterocycles. The van der Waals surface area contributed by atoms with Crippen LogP contribution in [0.2, 0.25) is 0 Å². The van der Waals surface area contributed by atoms with Crippen LogP contribution in [0.4, 0.5) is 0 Å². The number of hydrogen-bond donors (Lipinski definition) is 2. The van der Waals surface area contributed by atoms with E-state index in [0.29, 0.717) is 0 Å². The standard InChI is InChI=1S/C13H27NO2/c1-2-3-4-5-6-7-8-9-11-14-12-10-13(15)16/h14H,2-12H2,1H3,(H,15,16)/p+1. The maximum absolute atomic E-state index is 10.2. The van der Waals surface area contributed by atoms with E-state index >= 15 is 0 Å². The molecule has 96 valence electrons. The van der Waals surface area contributed by atoms with Crippen molar-refractivity contribution >= 4 is 5.97 Å². The number of nitrogens with two attached hydrogens (primary N) is 1. The lowest BCUT2D eigenvalue weighted by Crippen LogP contribution is -2.84. The van der Waals surface area contributed by atoms with Gasteiger partial charge < -0.3 is 10.4 Å². The Bertz CT molecular complexity index is 160. The van der Waals surface area contributed by atoms with Crippen molar-refractivity contribution in [3.8, 4) is 0 Å². The second-order valence-corrected chi connectivity index (χ2v) is 4.48. The molecule has 0 radical (unpaired) electrons. The van der Waals surface area contributed by atoms with Crippen molar-refractivity contribution in [3.05, 3.63) is 0 Å². The van der Waals surface area contributed by atoms with Crippen LogP contribution in [0, 0.1) is 0 Å². The number of aliphatic carboxylic acids is 1. The Morgan fingerprint density at radius 2 is 1.50 bits per heavy atom. The molecule has 0 aliphatic carbocycles. The van der Waals surface area contributed by atoms with Crippen LogP contribution in [0.15, 0.2) is 0 Å². The number of carboxylic acids is 1. The molecule has 3 heteroatoms. The van der Waals surface area contributed by atoms with Gasteiger partial charge in [0.1, 0.15) is 0 Å². The lowest BCUT2D eigenvalue weighted by molar-refractivity contribution is -0.654. The quantitative estimate of drug-likeness (QED) is 0.505. The minimum atomic E-state index is -0.688. The van der Waals surface area contributed by atoms with Crippen LogP contribution in [-0.2, 0) is 4.79 Å². The molecular weight excluding hydrogens is 202 g/mol. The van der Waals surface area contributed by atoms with Gasteiger partial charge in [-0.25, -0.2) is 0 Å². The van der Waals surface area contributed by atoms with E-state index in [4.69, 9.17) is 5.11 Å². The van der Waals surface area contributed by atoms with Crippen LogP contribution >= 0.6 is 0 Å². The molecule has 16 heavy (non-hydrogen) atoms. The molecule has 3 N–H and O–H groups in total. The fourth-order valence-corrected chi connectivity index (χ4v) is 1.79. The monoisotopic (exact) mass is 230 g/mol. The van der Waals surface area contributed by atoms with Crippen molar-refractivity contribution in [2.45, 2.75) is 64.7 Å². The van der Waals surface area contributed by atoms with Crippen LogP contribution in [0.25, 0.3) is 0 Å². The van der Waals surface area contributed by atoms with Crippen LogP contribution in [-0.4, -0.2) is 24.2 Å². The average molecular weight is 230 g/mol. The summed E-state index contributed by atoms with van der Waals surface area (Å²) in [6.45, 7) is 4.06. The summed E-state index contributed by atoms with van der Waals surface area (Å²) in [4.78, 5) is 10.2. The number of rotatable bonds is 12. The molecule has 0 aliphatic rings. The van der Waals surface area contributed by atoms with Crippen molar-refractivity contribution in [2.24, 2.45) is 0 Å². The summed E-state index contributed by atoms with van der Waals surface area (Å²) < 4.78 is 0. The molecule has 0 atom stereocenters. The van der Waals surface area contributed by atoms with Gasteiger partial charge in [-0.05, 0) is 12.8 Å². The second-order valence-electron chi connectivity index (χ2n) is 4.48. The Labute approximate surface area is 99.6 Å².